The number of thiazole rings is 1. The van der Waals surface area contributed by atoms with Crippen LogP contribution in [0.15, 0.2) is 23.3 Å². The maximum Gasteiger partial charge on any atom is 0.256 e. The standard InChI is InChI=1S/C21H25N5O2S/c1-13-9-14(2)19-17(10-13)29-21(23-19)25-7-5-24(6-8-25)18(27)11-26-12-22-16(4)15(3)20(26)28/h9-10,12H,5-8,11H2,1-4H3. The van der Waals surface area contributed by atoms with Gasteiger partial charge >= 0.3 is 0 Å². The van der Waals surface area contributed by atoms with Gasteiger partial charge in [-0.2, -0.15) is 0 Å². The molecule has 7 nitrogen and oxygen atoms in total. The molecule has 3 heterocycles. The van der Waals surface area contributed by atoms with Gasteiger partial charge in [0.2, 0.25) is 5.91 Å². The van der Waals surface area contributed by atoms with E-state index in [0.717, 1.165) is 23.7 Å². The third kappa shape index (κ3) is 3.76. The van der Waals surface area contributed by atoms with E-state index >= 15 is 0 Å². The van der Waals surface area contributed by atoms with E-state index in [1.165, 1.54) is 26.7 Å². The van der Waals surface area contributed by atoms with Gasteiger partial charge in [-0.3, -0.25) is 14.2 Å². The predicted molar refractivity (Wildman–Crippen MR) is 116 cm³/mol. The third-order valence-corrected chi connectivity index (χ3v) is 6.61. The van der Waals surface area contributed by atoms with Crippen molar-refractivity contribution in [2.24, 2.45) is 0 Å². The van der Waals surface area contributed by atoms with Gasteiger partial charge in [0.1, 0.15) is 6.54 Å². The molecular weight excluding hydrogens is 386 g/mol. The van der Waals surface area contributed by atoms with Crippen LogP contribution >= 0.6 is 11.3 Å². The SMILES string of the molecule is Cc1cc(C)c2nc(N3CCN(C(=O)Cn4cnc(C)c(C)c4=O)CC3)sc2c1. The van der Waals surface area contributed by atoms with E-state index in [4.69, 9.17) is 4.98 Å². The second-order valence-electron chi connectivity index (χ2n) is 7.68. The minimum absolute atomic E-state index is 0.0343. The summed E-state index contributed by atoms with van der Waals surface area (Å²) in [6.45, 7) is 10.5. The van der Waals surface area contributed by atoms with E-state index in [1.807, 2.05) is 4.90 Å². The summed E-state index contributed by atoms with van der Waals surface area (Å²) >= 11 is 1.71. The third-order valence-electron chi connectivity index (χ3n) is 5.54. The molecule has 1 aromatic carbocycles. The van der Waals surface area contributed by atoms with Crippen molar-refractivity contribution < 1.29 is 4.79 Å². The Hall–Kier alpha value is -2.74. The number of hydrogen-bond acceptors (Lipinski definition) is 6. The van der Waals surface area contributed by atoms with Gasteiger partial charge in [-0.1, -0.05) is 17.4 Å². The predicted octanol–water partition coefficient (Wildman–Crippen LogP) is 2.44. The van der Waals surface area contributed by atoms with Crippen LogP contribution in [0.25, 0.3) is 10.2 Å². The summed E-state index contributed by atoms with van der Waals surface area (Å²) in [5, 5.41) is 1.01. The maximum absolute atomic E-state index is 12.7. The number of hydrogen-bond donors (Lipinski definition) is 0. The van der Waals surface area contributed by atoms with Crippen LogP contribution in [0.5, 0.6) is 0 Å². The van der Waals surface area contributed by atoms with Gasteiger partial charge in [0, 0.05) is 37.4 Å². The molecule has 0 atom stereocenters. The first kappa shape index (κ1) is 19.6. The zero-order valence-electron chi connectivity index (χ0n) is 17.2. The van der Waals surface area contributed by atoms with Crippen LogP contribution in [0.1, 0.15) is 22.4 Å². The molecule has 0 unspecified atom stereocenters. The number of nitrogens with zero attached hydrogens (tertiary/aromatic N) is 5. The van der Waals surface area contributed by atoms with Crippen LogP contribution in [-0.2, 0) is 11.3 Å². The second kappa shape index (κ2) is 7.59. The number of amides is 1. The van der Waals surface area contributed by atoms with Gasteiger partial charge in [0.25, 0.3) is 5.56 Å². The van der Waals surface area contributed by atoms with Crippen LogP contribution < -0.4 is 10.5 Å². The smallest absolute Gasteiger partial charge is 0.256 e. The number of carbonyl (C=O) groups excluding carboxylic acids is 1. The normalized spacial score (nSPS) is 14.6. The molecule has 1 aliphatic heterocycles. The highest BCUT2D eigenvalue weighted by molar-refractivity contribution is 7.22. The van der Waals surface area contributed by atoms with Gasteiger partial charge in [0.05, 0.1) is 16.5 Å². The Morgan fingerprint density at radius 2 is 1.83 bits per heavy atom. The fourth-order valence-corrected chi connectivity index (χ4v) is 4.87. The molecule has 29 heavy (non-hydrogen) atoms. The number of aryl methyl sites for hydroxylation is 3. The number of piperazine rings is 1. The van der Waals surface area contributed by atoms with Crippen molar-refractivity contribution in [1.82, 2.24) is 19.4 Å². The zero-order valence-corrected chi connectivity index (χ0v) is 18.0. The molecule has 0 saturated carbocycles. The summed E-state index contributed by atoms with van der Waals surface area (Å²) in [6.07, 6.45) is 1.46. The molecule has 1 amide bonds. The fourth-order valence-electron chi connectivity index (χ4n) is 3.68. The summed E-state index contributed by atoms with van der Waals surface area (Å²) in [6, 6.07) is 4.34. The number of benzene rings is 1. The van der Waals surface area contributed by atoms with Gasteiger partial charge in [-0.15, -0.1) is 0 Å². The maximum atomic E-state index is 12.7. The summed E-state index contributed by atoms with van der Waals surface area (Å²) < 4.78 is 2.60. The lowest BCUT2D eigenvalue weighted by molar-refractivity contribution is -0.132. The molecule has 0 spiro atoms. The first-order valence-corrected chi connectivity index (χ1v) is 10.6. The molecule has 3 aromatic rings. The number of carbonyl (C=O) groups is 1. The molecule has 1 aliphatic rings. The van der Waals surface area contributed by atoms with Crippen LogP contribution in [0, 0.1) is 27.7 Å². The number of aromatic nitrogens is 3. The Morgan fingerprint density at radius 1 is 1.10 bits per heavy atom. The number of fused-ring (bicyclic) bond motifs is 1. The van der Waals surface area contributed by atoms with E-state index in [1.54, 1.807) is 25.2 Å². The van der Waals surface area contributed by atoms with Crippen LogP contribution in [0.4, 0.5) is 5.13 Å². The molecule has 152 valence electrons. The topological polar surface area (TPSA) is 71.3 Å². The van der Waals surface area contributed by atoms with E-state index in [0.29, 0.717) is 24.3 Å². The van der Waals surface area contributed by atoms with E-state index in [2.05, 4.69) is 35.9 Å². The van der Waals surface area contributed by atoms with Crippen molar-refractivity contribution in [3.8, 4) is 0 Å². The quantitative estimate of drug-likeness (QED) is 0.662. The largest absolute Gasteiger partial charge is 0.345 e. The molecule has 0 aliphatic carbocycles. The molecule has 0 bridgehead atoms. The Labute approximate surface area is 173 Å². The summed E-state index contributed by atoms with van der Waals surface area (Å²) in [4.78, 5) is 38.1. The molecule has 2 aromatic heterocycles. The van der Waals surface area contributed by atoms with Crippen molar-refractivity contribution in [1.29, 1.82) is 0 Å². The molecule has 0 radical (unpaired) electrons. The van der Waals surface area contributed by atoms with Gasteiger partial charge in [-0.05, 0) is 44.9 Å². The highest BCUT2D eigenvalue weighted by Crippen LogP contribution is 2.32. The van der Waals surface area contributed by atoms with Crippen LogP contribution in [-0.4, -0.2) is 51.5 Å². The Bertz CT molecular complexity index is 1140. The minimum Gasteiger partial charge on any atom is -0.345 e. The lowest BCUT2D eigenvalue weighted by Gasteiger charge is -2.34. The van der Waals surface area contributed by atoms with Crippen molar-refractivity contribution in [2.75, 3.05) is 31.1 Å². The molecule has 0 N–H and O–H groups in total. The van der Waals surface area contributed by atoms with Crippen LogP contribution in [0.2, 0.25) is 0 Å². The first-order chi connectivity index (χ1) is 13.8. The monoisotopic (exact) mass is 411 g/mol. The Morgan fingerprint density at radius 3 is 2.55 bits per heavy atom. The zero-order chi connectivity index (χ0) is 20.7. The Balaban J connectivity index is 1.43. The average Bonchev–Trinajstić information content (AvgIpc) is 3.13. The highest BCUT2D eigenvalue weighted by Gasteiger charge is 2.24. The van der Waals surface area contributed by atoms with Gasteiger partial charge < -0.3 is 9.80 Å². The second-order valence-corrected chi connectivity index (χ2v) is 8.69. The van der Waals surface area contributed by atoms with Crippen molar-refractivity contribution in [3.05, 3.63) is 51.2 Å². The lowest BCUT2D eigenvalue weighted by atomic mass is 10.1. The van der Waals surface area contributed by atoms with Gasteiger partial charge in [0.15, 0.2) is 5.13 Å². The number of rotatable bonds is 3. The first-order valence-electron chi connectivity index (χ1n) is 9.76. The van der Waals surface area contributed by atoms with Crippen molar-refractivity contribution >= 4 is 32.6 Å². The summed E-state index contributed by atoms with van der Waals surface area (Å²) in [5.74, 6) is -0.0485. The fraction of sp³-hybridized carbons (Fsp3) is 0.429. The summed E-state index contributed by atoms with van der Waals surface area (Å²) in [5.41, 5.74) is 4.65. The van der Waals surface area contributed by atoms with E-state index in [-0.39, 0.29) is 18.0 Å². The number of anilines is 1. The molecule has 8 heteroatoms. The highest BCUT2D eigenvalue weighted by atomic mass is 32.1. The van der Waals surface area contributed by atoms with Gasteiger partial charge in [-0.25, -0.2) is 9.97 Å². The lowest BCUT2D eigenvalue weighted by Crippen LogP contribution is -2.50. The van der Waals surface area contributed by atoms with Crippen LogP contribution in [0.3, 0.4) is 0 Å². The average molecular weight is 412 g/mol. The molecule has 4 rings (SSSR count). The van der Waals surface area contributed by atoms with E-state index in [9.17, 15) is 9.59 Å². The Kier molecular flexibility index (Phi) is 5.12. The van der Waals surface area contributed by atoms with Crippen molar-refractivity contribution in [3.63, 3.8) is 0 Å². The molecule has 1 fully saturated rings. The summed E-state index contributed by atoms with van der Waals surface area (Å²) in [7, 11) is 0. The molecular formula is C21H25N5O2S. The minimum atomic E-state index is -0.148. The van der Waals surface area contributed by atoms with E-state index < -0.39 is 0 Å². The molecule has 1 saturated heterocycles. The van der Waals surface area contributed by atoms with Crippen molar-refractivity contribution in [2.45, 2.75) is 34.2 Å².